The Balaban J connectivity index is 2.69. The van der Waals surface area contributed by atoms with Crippen molar-refractivity contribution in [1.82, 2.24) is 0 Å². The Hall–Kier alpha value is -1.65. The maximum atomic E-state index is 11.8. The van der Waals surface area contributed by atoms with Gasteiger partial charge in [-0.1, -0.05) is 6.07 Å². The van der Waals surface area contributed by atoms with Crippen LogP contribution in [-0.2, 0) is 0 Å². The van der Waals surface area contributed by atoms with Gasteiger partial charge in [-0.3, -0.25) is 0 Å². The van der Waals surface area contributed by atoms with Crippen molar-refractivity contribution in [2.75, 3.05) is 11.9 Å². The number of anilines is 1. The predicted octanol–water partition coefficient (Wildman–Crippen LogP) is 2.06. The smallest absolute Gasteiger partial charge is 0.335 e. The molecule has 0 spiro atoms. The van der Waals surface area contributed by atoms with Gasteiger partial charge >= 0.3 is 5.97 Å². The number of benzene rings is 1. The average molecular weight is 201 g/mol. The summed E-state index contributed by atoms with van der Waals surface area (Å²) in [6, 6.07) is 5.74. The molecule has 5 heteroatoms. The highest BCUT2D eigenvalue weighted by Crippen LogP contribution is 2.10. The fourth-order valence-electron chi connectivity index (χ4n) is 0.957. The minimum atomic E-state index is -2.46. The van der Waals surface area contributed by atoms with Crippen LogP contribution in [0.2, 0.25) is 0 Å². The van der Waals surface area contributed by atoms with Gasteiger partial charge in [-0.2, -0.15) is 0 Å². The summed E-state index contributed by atoms with van der Waals surface area (Å²) in [4.78, 5) is 10.5. The van der Waals surface area contributed by atoms with Gasteiger partial charge < -0.3 is 10.4 Å². The highest BCUT2D eigenvalue weighted by atomic mass is 19.3. The lowest BCUT2D eigenvalue weighted by Crippen LogP contribution is -2.10. The summed E-state index contributed by atoms with van der Waals surface area (Å²) in [6.07, 6.45) is -2.46. The summed E-state index contributed by atoms with van der Waals surface area (Å²) in [5.41, 5.74) is 0.453. The Morgan fingerprint density at radius 3 is 2.79 bits per heavy atom. The first-order chi connectivity index (χ1) is 6.59. The summed E-state index contributed by atoms with van der Waals surface area (Å²) >= 11 is 0. The van der Waals surface area contributed by atoms with Gasteiger partial charge in [0, 0.05) is 5.69 Å². The molecule has 0 aliphatic heterocycles. The van der Waals surface area contributed by atoms with Crippen LogP contribution in [0.5, 0.6) is 0 Å². The van der Waals surface area contributed by atoms with Crippen LogP contribution in [0.1, 0.15) is 10.4 Å². The molecule has 0 aromatic heterocycles. The third-order valence-corrected chi connectivity index (χ3v) is 1.57. The SMILES string of the molecule is O=C(O)c1cccc(NCC(F)F)c1. The molecule has 1 aromatic rings. The highest BCUT2D eigenvalue weighted by molar-refractivity contribution is 5.88. The number of hydrogen-bond donors (Lipinski definition) is 2. The van der Waals surface area contributed by atoms with E-state index in [1.165, 1.54) is 24.3 Å². The lowest BCUT2D eigenvalue weighted by atomic mass is 10.2. The number of carbonyl (C=O) groups is 1. The first-order valence-corrected chi connectivity index (χ1v) is 3.95. The molecule has 0 amide bonds. The minimum Gasteiger partial charge on any atom is -0.478 e. The van der Waals surface area contributed by atoms with Gasteiger partial charge in [-0.15, -0.1) is 0 Å². The molecule has 0 bridgehead atoms. The van der Waals surface area contributed by atoms with Gasteiger partial charge in [0.15, 0.2) is 0 Å². The van der Waals surface area contributed by atoms with Crippen molar-refractivity contribution < 1.29 is 18.7 Å². The number of carboxylic acids is 1. The molecule has 0 unspecified atom stereocenters. The van der Waals surface area contributed by atoms with Crippen molar-refractivity contribution in [3.05, 3.63) is 29.8 Å². The summed E-state index contributed by atoms with van der Waals surface area (Å²) in [5, 5.41) is 11.0. The zero-order valence-electron chi connectivity index (χ0n) is 7.21. The van der Waals surface area contributed by atoms with E-state index in [0.717, 1.165) is 0 Å². The summed E-state index contributed by atoms with van der Waals surface area (Å²) in [5.74, 6) is -1.08. The first-order valence-electron chi connectivity index (χ1n) is 3.95. The second-order valence-electron chi connectivity index (χ2n) is 2.66. The van der Waals surface area contributed by atoms with E-state index in [1.807, 2.05) is 0 Å². The maximum Gasteiger partial charge on any atom is 0.335 e. The fourth-order valence-corrected chi connectivity index (χ4v) is 0.957. The monoisotopic (exact) mass is 201 g/mol. The molecule has 0 saturated carbocycles. The van der Waals surface area contributed by atoms with Crippen LogP contribution in [0, 0.1) is 0 Å². The topological polar surface area (TPSA) is 49.3 Å². The molecule has 1 rings (SSSR count). The molecule has 0 saturated heterocycles. The molecule has 76 valence electrons. The van der Waals surface area contributed by atoms with Crippen LogP contribution in [0.4, 0.5) is 14.5 Å². The summed E-state index contributed by atoms with van der Waals surface area (Å²) < 4.78 is 23.6. The molecular weight excluding hydrogens is 192 g/mol. The molecule has 0 fully saturated rings. The molecule has 0 aliphatic carbocycles. The second-order valence-corrected chi connectivity index (χ2v) is 2.66. The van der Waals surface area contributed by atoms with Gasteiger partial charge in [0.1, 0.15) is 0 Å². The van der Waals surface area contributed by atoms with Crippen molar-refractivity contribution in [1.29, 1.82) is 0 Å². The molecule has 0 aliphatic rings. The molecule has 0 radical (unpaired) electrons. The lowest BCUT2D eigenvalue weighted by Gasteiger charge is -2.05. The Morgan fingerprint density at radius 2 is 2.21 bits per heavy atom. The van der Waals surface area contributed by atoms with Crippen molar-refractivity contribution in [2.45, 2.75) is 6.43 Å². The third kappa shape index (κ3) is 3.01. The predicted molar refractivity (Wildman–Crippen MR) is 47.9 cm³/mol. The highest BCUT2D eigenvalue weighted by Gasteiger charge is 2.04. The molecule has 3 nitrogen and oxygen atoms in total. The minimum absolute atomic E-state index is 0.0734. The van der Waals surface area contributed by atoms with Gasteiger partial charge in [0.25, 0.3) is 6.43 Å². The standard InChI is InChI=1S/C9H9F2NO2/c10-8(11)5-12-7-3-1-2-6(4-7)9(13)14/h1-4,8,12H,5H2,(H,13,14). The fraction of sp³-hybridized carbons (Fsp3) is 0.222. The van der Waals surface area contributed by atoms with E-state index in [4.69, 9.17) is 5.11 Å². The Kier molecular flexibility index (Phi) is 3.39. The normalized spacial score (nSPS) is 10.2. The molecule has 1 aromatic carbocycles. The molecule has 14 heavy (non-hydrogen) atoms. The van der Waals surface area contributed by atoms with E-state index in [9.17, 15) is 13.6 Å². The van der Waals surface area contributed by atoms with Crippen molar-refractivity contribution in [2.24, 2.45) is 0 Å². The third-order valence-electron chi connectivity index (χ3n) is 1.57. The van der Waals surface area contributed by atoms with E-state index < -0.39 is 18.9 Å². The van der Waals surface area contributed by atoms with E-state index in [1.54, 1.807) is 0 Å². The Morgan fingerprint density at radius 1 is 1.50 bits per heavy atom. The molecule has 0 heterocycles. The van der Waals surface area contributed by atoms with E-state index in [0.29, 0.717) is 5.69 Å². The number of carboxylic acid groups (broad SMARTS) is 1. The van der Waals surface area contributed by atoms with E-state index in [2.05, 4.69) is 5.32 Å². The summed E-state index contributed by atoms with van der Waals surface area (Å²) in [7, 11) is 0. The van der Waals surface area contributed by atoms with Gasteiger partial charge in [-0.25, -0.2) is 13.6 Å². The number of alkyl halides is 2. The van der Waals surface area contributed by atoms with Gasteiger partial charge in [-0.05, 0) is 18.2 Å². The van der Waals surface area contributed by atoms with Crippen molar-refractivity contribution in [3.8, 4) is 0 Å². The molecule has 2 N–H and O–H groups in total. The summed E-state index contributed by atoms with van der Waals surface area (Å²) in [6.45, 7) is -0.483. The lowest BCUT2D eigenvalue weighted by molar-refractivity contribution is 0.0697. The maximum absolute atomic E-state index is 11.8. The number of aromatic carboxylic acids is 1. The largest absolute Gasteiger partial charge is 0.478 e. The van der Waals surface area contributed by atoms with Crippen molar-refractivity contribution in [3.63, 3.8) is 0 Å². The van der Waals surface area contributed by atoms with Gasteiger partial charge in [0.05, 0.1) is 12.1 Å². The molecular formula is C9H9F2NO2. The van der Waals surface area contributed by atoms with Crippen LogP contribution in [0.25, 0.3) is 0 Å². The quantitative estimate of drug-likeness (QED) is 0.783. The molecule has 0 atom stereocenters. The van der Waals surface area contributed by atoms with E-state index in [-0.39, 0.29) is 5.56 Å². The zero-order valence-corrected chi connectivity index (χ0v) is 7.21. The number of halogens is 2. The number of nitrogens with one attached hydrogen (secondary N) is 1. The first kappa shape index (κ1) is 10.4. The van der Waals surface area contributed by atoms with Crippen LogP contribution in [0.15, 0.2) is 24.3 Å². The average Bonchev–Trinajstić information content (AvgIpc) is 2.15. The van der Waals surface area contributed by atoms with Crippen molar-refractivity contribution >= 4 is 11.7 Å². The Bertz CT molecular complexity index is 328. The Labute approximate surface area is 79.4 Å². The van der Waals surface area contributed by atoms with Crippen LogP contribution < -0.4 is 5.32 Å². The second kappa shape index (κ2) is 4.55. The van der Waals surface area contributed by atoms with Crippen LogP contribution in [0.3, 0.4) is 0 Å². The number of hydrogen-bond acceptors (Lipinski definition) is 2. The zero-order chi connectivity index (χ0) is 10.6. The number of rotatable bonds is 4. The van der Waals surface area contributed by atoms with Gasteiger partial charge in [0.2, 0.25) is 0 Å². The van der Waals surface area contributed by atoms with Crippen LogP contribution in [-0.4, -0.2) is 24.0 Å². The van der Waals surface area contributed by atoms with Crippen LogP contribution >= 0.6 is 0 Å². The van der Waals surface area contributed by atoms with E-state index >= 15 is 0 Å².